The van der Waals surface area contributed by atoms with Gasteiger partial charge in [0.25, 0.3) is 0 Å². The molecule has 0 fully saturated rings. The largest absolute Gasteiger partial charge is 1.00 e. The number of nitrogens with one attached hydrogen (secondary N) is 1. The molecule has 0 saturated carbocycles. The number of carboxylic acids is 1. The van der Waals surface area contributed by atoms with Gasteiger partial charge in [0.05, 0.1) is 0 Å². The van der Waals surface area contributed by atoms with E-state index in [0.717, 1.165) is 12.8 Å². The molecule has 6 heteroatoms. The van der Waals surface area contributed by atoms with E-state index in [2.05, 4.69) is 12.2 Å². The number of carboxylic acid groups (broad SMARTS) is 1. The van der Waals surface area contributed by atoms with E-state index in [1.54, 1.807) is 0 Å². The Balaban J connectivity index is -0.00000162. The van der Waals surface area contributed by atoms with E-state index < -0.39 is 5.97 Å². The summed E-state index contributed by atoms with van der Waals surface area (Å²) in [5.74, 6) is -1.17. The van der Waals surface area contributed by atoms with Crippen LogP contribution in [0.1, 0.15) is 77.6 Å². The van der Waals surface area contributed by atoms with E-state index in [4.69, 9.17) is 0 Å². The molecule has 0 heterocycles. The number of rotatable bonds is 13. The van der Waals surface area contributed by atoms with Gasteiger partial charge in [0, 0.05) is 25.4 Å². The Morgan fingerprint density at radius 2 is 1.33 bits per heavy atom. The van der Waals surface area contributed by atoms with Gasteiger partial charge in [-0.1, -0.05) is 58.3 Å². The molecule has 3 N–H and O–H groups in total. The quantitative estimate of drug-likeness (QED) is 0.324. The van der Waals surface area contributed by atoms with Gasteiger partial charge in [0.2, 0.25) is 5.91 Å². The summed E-state index contributed by atoms with van der Waals surface area (Å²) >= 11 is 0. The first kappa shape index (κ1) is 26.4. The fourth-order valence-corrected chi connectivity index (χ4v) is 1.99. The molecule has 5 nitrogen and oxygen atoms in total. The van der Waals surface area contributed by atoms with Crippen LogP contribution in [0.25, 0.3) is 0 Å². The zero-order valence-corrected chi connectivity index (χ0v) is 16.8. The fraction of sp³-hybridized carbons (Fsp3) is 0.867. The smallest absolute Gasteiger partial charge is 0.550 e. The van der Waals surface area contributed by atoms with Crippen LogP contribution in [0.5, 0.6) is 0 Å². The standard InChI is InChI=1S/C15H29NO3.K.H2O/c1-2-3-4-5-6-7-8-9-10-11-14(17)16-13-12-15(18)19;;/h2-13H2,1H3,(H,16,17)(H,18,19);;1H2/q;+1;/p-1. The number of carbonyl (C=O) groups is 2. The predicted molar refractivity (Wildman–Crippen MR) is 78.1 cm³/mol. The Labute approximate surface area is 171 Å². The van der Waals surface area contributed by atoms with Crippen LogP contribution >= 0.6 is 0 Å². The Hall–Kier alpha value is 0.536. The molecule has 1 amide bonds. The molecule has 0 saturated heterocycles. The maximum Gasteiger partial charge on any atom is 1.00 e. The van der Waals surface area contributed by atoms with E-state index in [1.165, 1.54) is 44.9 Å². The summed E-state index contributed by atoms with van der Waals surface area (Å²) in [4.78, 5) is 21.5. The van der Waals surface area contributed by atoms with Gasteiger partial charge < -0.3 is 20.7 Å². The van der Waals surface area contributed by atoms with Crippen molar-refractivity contribution in [3.8, 4) is 0 Å². The number of hydrogen-bond donors (Lipinski definition) is 1. The van der Waals surface area contributed by atoms with Gasteiger partial charge in [-0.05, 0) is 6.42 Å². The van der Waals surface area contributed by atoms with Gasteiger partial charge in [-0.3, -0.25) is 4.79 Å². The van der Waals surface area contributed by atoms with Gasteiger partial charge in [0.15, 0.2) is 0 Å². The maximum atomic E-state index is 11.3. The van der Waals surface area contributed by atoms with Crippen LogP contribution in [0.4, 0.5) is 0 Å². The minimum atomic E-state index is -1.12. The van der Waals surface area contributed by atoms with Crippen molar-refractivity contribution in [1.82, 2.24) is 5.32 Å². The molecule has 0 spiro atoms. The summed E-state index contributed by atoms with van der Waals surface area (Å²) in [5, 5.41) is 12.7. The van der Waals surface area contributed by atoms with E-state index in [0.29, 0.717) is 6.42 Å². The van der Waals surface area contributed by atoms with Gasteiger partial charge in [-0.25, -0.2) is 0 Å². The van der Waals surface area contributed by atoms with Crippen LogP contribution in [0, 0.1) is 0 Å². The molecule has 0 aliphatic rings. The molecule has 0 unspecified atom stereocenters. The number of hydrogen-bond acceptors (Lipinski definition) is 3. The predicted octanol–water partition coefficient (Wildman–Crippen LogP) is -1.66. The fourth-order valence-electron chi connectivity index (χ4n) is 1.99. The monoisotopic (exact) mass is 327 g/mol. The van der Waals surface area contributed by atoms with Gasteiger partial charge >= 0.3 is 51.4 Å². The third-order valence-electron chi connectivity index (χ3n) is 3.16. The topological polar surface area (TPSA) is 101 Å². The van der Waals surface area contributed by atoms with Crippen molar-refractivity contribution in [3.05, 3.63) is 0 Å². The molecule has 21 heavy (non-hydrogen) atoms. The van der Waals surface area contributed by atoms with E-state index in [-0.39, 0.29) is 75.7 Å². The molecule has 0 aromatic carbocycles. The number of amides is 1. The van der Waals surface area contributed by atoms with Crippen LogP contribution in [-0.2, 0) is 9.59 Å². The Morgan fingerprint density at radius 3 is 1.81 bits per heavy atom. The van der Waals surface area contributed by atoms with Crippen molar-refractivity contribution < 1.29 is 71.6 Å². The normalized spacial score (nSPS) is 9.38. The Kier molecular flexibility index (Phi) is 25.9. The van der Waals surface area contributed by atoms with Gasteiger partial charge in [-0.15, -0.1) is 0 Å². The van der Waals surface area contributed by atoms with Crippen LogP contribution in [0.15, 0.2) is 0 Å². The number of carbonyl (C=O) groups excluding carboxylic acids is 2. The van der Waals surface area contributed by atoms with Crippen molar-refractivity contribution in [2.45, 2.75) is 77.6 Å². The van der Waals surface area contributed by atoms with Crippen molar-refractivity contribution in [2.24, 2.45) is 0 Å². The first-order valence-corrected chi connectivity index (χ1v) is 7.63. The zero-order chi connectivity index (χ0) is 14.3. The van der Waals surface area contributed by atoms with E-state index in [9.17, 15) is 14.7 Å². The molecule has 0 rings (SSSR count). The summed E-state index contributed by atoms with van der Waals surface area (Å²) < 4.78 is 0. The van der Waals surface area contributed by atoms with Crippen LogP contribution in [-0.4, -0.2) is 23.9 Å². The average Bonchev–Trinajstić information content (AvgIpc) is 2.36. The van der Waals surface area contributed by atoms with Crippen LogP contribution in [0.3, 0.4) is 0 Å². The summed E-state index contributed by atoms with van der Waals surface area (Å²) in [5.41, 5.74) is 0. The minimum absolute atomic E-state index is 0. The van der Waals surface area contributed by atoms with E-state index in [1.807, 2.05) is 0 Å². The average molecular weight is 328 g/mol. The summed E-state index contributed by atoms with van der Waals surface area (Å²) in [6, 6.07) is 0. The second-order valence-electron chi connectivity index (χ2n) is 5.05. The van der Waals surface area contributed by atoms with Crippen molar-refractivity contribution in [1.29, 1.82) is 0 Å². The SMILES string of the molecule is CCCCCCCCCCCC(=O)NCCC(=O)[O-].O.[K+]. The third-order valence-corrected chi connectivity index (χ3v) is 3.16. The molecule has 120 valence electrons. The summed E-state index contributed by atoms with van der Waals surface area (Å²) in [6.45, 7) is 2.40. The molecular weight excluding hydrogens is 297 g/mol. The molecular formula is C15H30KNO4. The second kappa shape index (κ2) is 20.5. The molecule has 0 aromatic rings. The third kappa shape index (κ3) is 22.9. The molecule has 0 aromatic heterocycles. The van der Waals surface area contributed by atoms with Gasteiger partial charge in [0.1, 0.15) is 0 Å². The minimum Gasteiger partial charge on any atom is -0.550 e. The van der Waals surface area contributed by atoms with Crippen molar-refractivity contribution in [3.63, 3.8) is 0 Å². The van der Waals surface area contributed by atoms with Crippen LogP contribution < -0.4 is 61.8 Å². The summed E-state index contributed by atoms with van der Waals surface area (Å²) in [6.07, 6.45) is 11.4. The Bertz CT molecular complexity index is 250. The maximum absolute atomic E-state index is 11.3. The van der Waals surface area contributed by atoms with Gasteiger partial charge in [-0.2, -0.15) is 0 Å². The number of unbranched alkanes of at least 4 members (excludes halogenated alkanes) is 8. The molecule has 0 bridgehead atoms. The second-order valence-corrected chi connectivity index (χ2v) is 5.05. The Morgan fingerprint density at radius 1 is 0.857 bits per heavy atom. The first-order chi connectivity index (χ1) is 9.16. The van der Waals surface area contributed by atoms with E-state index >= 15 is 0 Å². The van der Waals surface area contributed by atoms with Crippen LogP contribution in [0.2, 0.25) is 0 Å². The number of aliphatic carboxylic acids is 1. The summed E-state index contributed by atoms with van der Waals surface area (Å²) in [7, 11) is 0. The molecule has 0 aliphatic carbocycles. The van der Waals surface area contributed by atoms with Crippen molar-refractivity contribution >= 4 is 11.9 Å². The molecule has 0 aliphatic heterocycles. The van der Waals surface area contributed by atoms with Crippen molar-refractivity contribution in [2.75, 3.05) is 6.54 Å². The molecule has 0 radical (unpaired) electrons. The first-order valence-electron chi connectivity index (χ1n) is 7.63. The zero-order valence-electron chi connectivity index (χ0n) is 13.7. The molecule has 0 atom stereocenters.